The highest BCUT2D eigenvalue weighted by atomic mass is 16.2. The van der Waals surface area contributed by atoms with Crippen LogP contribution in [0.5, 0.6) is 0 Å². The lowest BCUT2D eigenvalue weighted by Gasteiger charge is -2.29. The highest BCUT2D eigenvalue weighted by Crippen LogP contribution is 2.11. The molecule has 0 radical (unpaired) electrons. The maximum Gasteiger partial charge on any atom is 0.239 e. The summed E-state index contributed by atoms with van der Waals surface area (Å²) in [6.07, 6.45) is 3.36. The highest BCUT2D eigenvalue weighted by molar-refractivity contribution is 5.81. The van der Waals surface area contributed by atoms with Gasteiger partial charge in [-0.3, -0.25) is 4.79 Å². The fraction of sp³-hybridized carbons (Fsp3) is 0.700. The van der Waals surface area contributed by atoms with Crippen molar-refractivity contribution in [2.45, 2.75) is 38.9 Å². The van der Waals surface area contributed by atoms with Gasteiger partial charge < -0.3 is 15.2 Å². The highest BCUT2D eigenvalue weighted by Gasteiger charge is 2.25. The van der Waals surface area contributed by atoms with Gasteiger partial charge in [0.05, 0.1) is 12.6 Å². The molecule has 1 aromatic rings. The van der Waals surface area contributed by atoms with Crippen molar-refractivity contribution < 1.29 is 4.79 Å². The number of aromatic nitrogens is 3. The topological polar surface area (TPSA) is 77.0 Å². The summed E-state index contributed by atoms with van der Waals surface area (Å²) in [6, 6.07) is -0.375. The molecule has 2 N–H and O–H groups in total. The van der Waals surface area contributed by atoms with Crippen molar-refractivity contribution in [3.63, 3.8) is 0 Å². The summed E-state index contributed by atoms with van der Waals surface area (Å²) < 4.78 is 1.97. The molecule has 0 spiro atoms. The van der Waals surface area contributed by atoms with Gasteiger partial charge in [-0.25, -0.2) is 0 Å². The summed E-state index contributed by atoms with van der Waals surface area (Å²) in [5.74, 6) is 0.861. The predicted octanol–water partition coefficient (Wildman–Crippen LogP) is -0.252. The molecule has 1 amide bonds. The molecule has 1 aliphatic rings. The van der Waals surface area contributed by atoms with E-state index in [0.29, 0.717) is 13.1 Å². The first kappa shape index (κ1) is 11.1. The largest absolute Gasteiger partial charge is 0.332 e. The molecule has 1 atom stereocenters. The third-order valence-electron chi connectivity index (χ3n) is 2.87. The van der Waals surface area contributed by atoms with Crippen LogP contribution in [-0.2, 0) is 17.9 Å². The molecule has 0 bridgehead atoms. The van der Waals surface area contributed by atoms with Crippen LogP contribution in [-0.4, -0.2) is 38.2 Å². The third kappa shape index (κ3) is 2.06. The first-order valence-electron chi connectivity index (χ1n) is 5.63. The quantitative estimate of drug-likeness (QED) is 0.766. The van der Waals surface area contributed by atoms with Gasteiger partial charge in [0.15, 0.2) is 5.82 Å². The van der Waals surface area contributed by atoms with Crippen LogP contribution in [0, 0.1) is 0 Å². The standard InChI is InChI=1S/C10H17N5O/c1-2-3-8(11)10(16)14-4-5-15-7-12-13-9(15)6-14/h7-8H,2-6,11H2,1H3/t8-/m1/s1. The van der Waals surface area contributed by atoms with Gasteiger partial charge in [-0.2, -0.15) is 0 Å². The Morgan fingerprint density at radius 2 is 2.44 bits per heavy atom. The van der Waals surface area contributed by atoms with E-state index in [9.17, 15) is 4.79 Å². The van der Waals surface area contributed by atoms with Crippen molar-refractivity contribution >= 4 is 5.91 Å². The van der Waals surface area contributed by atoms with Gasteiger partial charge in [0, 0.05) is 13.1 Å². The number of rotatable bonds is 3. The van der Waals surface area contributed by atoms with Crippen molar-refractivity contribution in [1.29, 1.82) is 0 Å². The maximum absolute atomic E-state index is 12.0. The summed E-state index contributed by atoms with van der Waals surface area (Å²) in [5, 5.41) is 7.80. The number of amides is 1. The number of hydrogen-bond donors (Lipinski definition) is 1. The Morgan fingerprint density at radius 3 is 3.19 bits per heavy atom. The number of fused-ring (bicyclic) bond motifs is 1. The molecule has 0 saturated carbocycles. The van der Waals surface area contributed by atoms with Crippen molar-refractivity contribution in [1.82, 2.24) is 19.7 Å². The average Bonchev–Trinajstić information content (AvgIpc) is 2.75. The number of nitrogens with zero attached hydrogens (tertiary/aromatic N) is 4. The van der Waals surface area contributed by atoms with Gasteiger partial charge in [0.2, 0.25) is 5.91 Å². The van der Waals surface area contributed by atoms with Crippen molar-refractivity contribution in [2.75, 3.05) is 6.54 Å². The minimum Gasteiger partial charge on any atom is -0.332 e. The predicted molar refractivity (Wildman–Crippen MR) is 58.3 cm³/mol. The average molecular weight is 223 g/mol. The molecule has 0 fully saturated rings. The van der Waals surface area contributed by atoms with Crippen LogP contribution in [0.4, 0.5) is 0 Å². The maximum atomic E-state index is 12.0. The van der Waals surface area contributed by atoms with E-state index in [0.717, 1.165) is 25.2 Å². The van der Waals surface area contributed by atoms with Gasteiger partial charge in [0.25, 0.3) is 0 Å². The molecule has 0 saturated heterocycles. The summed E-state index contributed by atoms with van der Waals surface area (Å²) in [6.45, 7) is 4.00. The lowest BCUT2D eigenvalue weighted by Crippen LogP contribution is -2.46. The zero-order valence-electron chi connectivity index (χ0n) is 9.46. The fourth-order valence-corrected chi connectivity index (χ4v) is 1.92. The Hall–Kier alpha value is -1.43. The van der Waals surface area contributed by atoms with E-state index in [2.05, 4.69) is 10.2 Å². The van der Waals surface area contributed by atoms with E-state index >= 15 is 0 Å². The minimum absolute atomic E-state index is 0.0242. The van der Waals surface area contributed by atoms with E-state index in [-0.39, 0.29) is 11.9 Å². The molecule has 0 aromatic carbocycles. The molecule has 2 rings (SSSR count). The second-order valence-electron chi connectivity index (χ2n) is 4.10. The van der Waals surface area contributed by atoms with Gasteiger partial charge in [0.1, 0.15) is 6.33 Å². The van der Waals surface area contributed by atoms with Crippen LogP contribution in [0.1, 0.15) is 25.6 Å². The number of carbonyl (C=O) groups excluding carboxylic acids is 1. The first-order chi connectivity index (χ1) is 7.72. The van der Waals surface area contributed by atoms with Crippen molar-refractivity contribution in [2.24, 2.45) is 5.73 Å². The second-order valence-corrected chi connectivity index (χ2v) is 4.10. The lowest BCUT2D eigenvalue weighted by atomic mass is 10.1. The second kappa shape index (κ2) is 4.61. The summed E-state index contributed by atoms with van der Waals surface area (Å²) in [7, 11) is 0. The van der Waals surface area contributed by atoms with Gasteiger partial charge in [-0.1, -0.05) is 13.3 Å². The molecule has 0 unspecified atom stereocenters. The van der Waals surface area contributed by atoms with Gasteiger partial charge in [-0.05, 0) is 6.42 Å². The fourth-order valence-electron chi connectivity index (χ4n) is 1.92. The van der Waals surface area contributed by atoms with E-state index in [4.69, 9.17) is 5.73 Å². The zero-order valence-corrected chi connectivity index (χ0v) is 9.46. The lowest BCUT2D eigenvalue weighted by molar-refractivity contribution is -0.134. The van der Waals surface area contributed by atoms with Crippen molar-refractivity contribution in [3.05, 3.63) is 12.2 Å². The Labute approximate surface area is 94.4 Å². The monoisotopic (exact) mass is 223 g/mol. The smallest absolute Gasteiger partial charge is 0.239 e. The van der Waals surface area contributed by atoms with Crippen LogP contribution in [0.15, 0.2) is 6.33 Å². The molecule has 0 aliphatic carbocycles. The third-order valence-corrected chi connectivity index (χ3v) is 2.87. The normalized spacial score (nSPS) is 17.0. The summed E-state index contributed by atoms with van der Waals surface area (Å²) >= 11 is 0. The van der Waals surface area contributed by atoms with Crippen molar-refractivity contribution in [3.8, 4) is 0 Å². The van der Waals surface area contributed by atoms with Gasteiger partial charge in [-0.15, -0.1) is 10.2 Å². The molecule has 16 heavy (non-hydrogen) atoms. The van der Waals surface area contributed by atoms with E-state index in [1.54, 1.807) is 11.2 Å². The minimum atomic E-state index is -0.375. The zero-order chi connectivity index (χ0) is 11.5. The first-order valence-corrected chi connectivity index (χ1v) is 5.63. The van der Waals surface area contributed by atoms with Crippen LogP contribution in [0.25, 0.3) is 0 Å². The van der Waals surface area contributed by atoms with E-state index in [1.807, 2.05) is 11.5 Å². The number of carbonyl (C=O) groups is 1. The molecule has 6 heteroatoms. The van der Waals surface area contributed by atoms with Crippen LogP contribution in [0.3, 0.4) is 0 Å². The van der Waals surface area contributed by atoms with Gasteiger partial charge >= 0.3 is 0 Å². The van der Waals surface area contributed by atoms with Crippen LogP contribution >= 0.6 is 0 Å². The van der Waals surface area contributed by atoms with Crippen LogP contribution in [0.2, 0.25) is 0 Å². The summed E-state index contributed by atoms with van der Waals surface area (Å²) in [4.78, 5) is 13.7. The van der Waals surface area contributed by atoms with Crippen LogP contribution < -0.4 is 5.73 Å². The molecular weight excluding hydrogens is 206 g/mol. The SMILES string of the molecule is CCC[C@@H](N)C(=O)N1CCn2cnnc2C1. The van der Waals surface area contributed by atoms with E-state index < -0.39 is 0 Å². The summed E-state index contributed by atoms with van der Waals surface area (Å²) in [5.41, 5.74) is 5.82. The Balaban J connectivity index is 2.00. The molecule has 2 heterocycles. The number of nitrogens with two attached hydrogens (primary N) is 1. The Morgan fingerprint density at radius 1 is 1.62 bits per heavy atom. The Kier molecular flexibility index (Phi) is 3.19. The molecule has 88 valence electrons. The molecule has 6 nitrogen and oxygen atoms in total. The number of hydrogen-bond acceptors (Lipinski definition) is 4. The molecule has 1 aliphatic heterocycles. The Bertz CT molecular complexity index is 375. The van der Waals surface area contributed by atoms with E-state index in [1.165, 1.54) is 0 Å². The molecular formula is C10H17N5O. The molecule has 1 aromatic heterocycles.